The van der Waals surface area contributed by atoms with Gasteiger partial charge in [-0.3, -0.25) is 20.0 Å². The molecular weight excluding hydrogens is 408 g/mol. The molecular formula is C24H30N4O4. The number of pyridine rings is 1. The fourth-order valence-corrected chi connectivity index (χ4v) is 4.34. The van der Waals surface area contributed by atoms with Gasteiger partial charge in [-0.1, -0.05) is 37.5 Å². The van der Waals surface area contributed by atoms with Gasteiger partial charge in [0.15, 0.2) is 6.23 Å². The van der Waals surface area contributed by atoms with E-state index in [1.165, 1.54) is 4.90 Å². The fraction of sp³-hybridized carbons (Fsp3) is 0.458. The van der Waals surface area contributed by atoms with Crippen molar-refractivity contribution in [2.45, 2.75) is 51.5 Å². The number of ether oxygens (including phenoxy) is 1. The average Bonchev–Trinajstić information content (AvgIpc) is 2.82. The van der Waals surface area contributed by atoms with Gasteiger partial charge in [0, 0.05) is 30.4 Å². The van der Waals surface area contributed by atoms with E-state index in [0.29, 0.717) is 12.3 Å². The molecule has 1 aromatic carbocycles. The van der Waals surface area contributed by atoms with Crippen molar-refractivity contribution in [2.75, 3.05) is 18.0 Å². The minimum absolute atomic E-state index is 0.138. The molecule has 2 fully saturated rings. The number of aromatic nitrogens is 1. The van der Waals surface area contributed by atoms with E-state index < -0.39 is 18.5 Å². The second kappa shape index (κ2) is 9.99. The second-order valence-corrected chi connectivity index (χ2v) is 8.41. The summed E-state index contributed by atoms with van der Waals surface area (Å²) in [5.74, 6) is 0.0924. The topological polar surface area (TPSA) is 95.0 Å². The molecule has 170 valence electrons. The van der Waals surface area contributed by atoms with Gasteiger partial charge in [0.1, 0.15) is 5.75 Å². The second-order valence-electron chi connectivity index (χ2n) is 8.41. The van der Waals surface area contributed by atoms with E-state index in [-0.39, 0.29) is 18.4 Å². The summed E-state index contributed by atoms with van der Waals surface area (Å²) in [6, 6.07) is 12.6. The average molecular weight is 439 g/mol. The molecule has 2 aliphatic rings. The lowest BCUT2D eigenvalue weighted by Gasteiger charge is -2.45. The molecule has 0 bridgehead atoms. The summed E-state index contributed by atoms with van der Waals surface area (Å²) in [4.78, 5) is 32.9. The van der Waals surface area contributed by atoms with Crippen molar-refractivity contribution in [3.05, 3.63) is 54.4 Å². The number of aliphatic hydroxyl groups excluding tert-OH is 1. The molecule has 1 aromatic heterocycles. The van der Waals surface area contributed by atoms with E-state index in [1.807, 2.05) is 48.2 Å². The molecule has 0 unspecified atom stereocenters. The van der Waals surface area contributed by atoms with Crippen molar-refractivity contribution >= 4 is 17.6 Å². The minimum atomic E-state index is -1.27. The molecule has 2 heterocycles. The lowest BCUT2D eigenvalue weighted by Crippen LogP contribution is -2.65. The Kier molecular flexibility index (Phi) is 6.90. The number of hydrogen-bond acceptors (Lipinski definition) is 6. The van der Waals surface area contributed by atoms with Gasteiger partial charge in [-0.05, 0) is 44.0 Å². The number of carbonyl (C=O) groups is 2. The SMILES string of the molecule is Cc1ccc(O[C@H]2[C@H](O)N(C(=O)NC(=O)C3CCCCC3)CCN2c2ccccc2)cn1. The molecule has 1 aliphatic carbocycles. The maximum atomic E-state index is 12.9. The van der Waals surface area contributed by atoms with E-state index in [1.54, 1.807) is 12.3 Å². The van der Waals surface area contributed by atoms with E-state index >= 15 is 0 Å². The number of imide groups is 1. The summed E-state index contributed by atoms with van der Waals surface area (Å²) in [7, 11) is 0. The maximum Gasteiger partial charge on any atom is 0.326 e. The van der Waals surface area contributed by atoms with Crippen molar-refractivity contribution in [2.24, 2.45) is 5.92 Å². The number of nitrogens with zero attached hydrogens (tertiary/aromatic N) is 3. The number of benzene rings is 1. The monoisotopic (exact) mass is 438 g/mol. The van der Waals surface area contributed by atoms with Gasteiger partial charge < -0.3 is 14.7 Å². The Hall–Kier alpha value is -3.13. The number of anilines is 1. The molecule has 2 N–H and O–H groups in total. The summed E-state index contributed by atoms with van der Waals surface area (Å²) in [5.41, 5.74) is 1.72. The molecule has 1 aliphatic heterocycles. The first-order valence-corrected chi connectivity index (χ1v) is 11.2. The van der Waals surface area contributed by atoms with E-state index in [9.17, 15) is 14.7 Å². The number of piperazine rings is 1. The smallest absolute Gasteiger partial charge is 0.326 e. The van der Waals surface area contributed by atoms with Gasteiger partial charge >= 0.3 is 6.03 Å². The van der Waals surface area contributed by atoms with Gasteiger partial charge in [-0.15, -0.1) is 0 Å². The largest absolute Gasteiger partial charge is 0.464 e. The molecule has 1 saturated heterocycles. The first kappa shape index (κ1) is 22.1. The predicted octanol–water partition coefficient (Wildman–Crippen LogP) is 3.05. The number of aryl methyl sites for hydroxylation is 1. The molecule has 0 radical (unpaired) electrons. The van der Waals surface area contributed by atoms with Crippen molar-refractivity contribution in [3.63, 3.8) is 0 Å². The summed E-state index contributed by atoms with van der Waals surface area (Å²) >= 11 is 0. The van der Waals surface area contributed by atoms with E-state index in [4.69, 9.17) is 4.74 Å². The maximum absolute atomic E-state index is 12.9. The number of urea groups is 1. The number of hydrogen-bond donors (Lipinski definition) is 2. The molecule has 0 spiro atoms. The van der Waals surface area contributed by atoms with E-state index in [0.717, 1.165) is 43.5 Å². The van der Waals surface area contributed by atoms with Crippen LogP contribution >= 0.6 is 0 Å². The van der Waals surface area contributed by atoms with Crippen LogP contribution in [0.2, 0.25) is 0 Å². The molecule has 4 rings (SSSR count). The van der Waals surface area contributed by atoms with Gasteiger partial charge in [0.05, 0.1) is 6.20 Å². The normalized spacial score (nSPS) is 21.8. The Morgan fingerprint density at radius 2 is 1.81 bits per heavy atom. The minimum Gasteiger partial charge on any atom is -0.464 e. The lowest BCUT2D eigenvalue weighted by atomic mass is 9.89. The zero-order valence-electron chi connectivity index (χ0n) is 18.3. The Morgan fingerprint density at radius 1 is 1.06 bits per heavy atom. The summed E-state index contributed by atoms with van der Waals surface area (Å²) in [5, 5.41) is 13.6. The van der Waals surface area contributed by atoms with Crippen molar-refractivity contribution < 1.29 is 19.4 Å². The number of nitrogens with one attached hydrogen (secondary N) is 1. The molecule has 2 aromatic rings. The number of amides is 3. The zero-order valence-corrected chi connectivity index (χ0v) is 18.3. The van der Waals surface area contributed by atoms with Crippen molar-refractivity contribution in [3.8, 4) is 5.75 Å². The zero-order chi connectivity index (χ0) is 22.5. The van der Waals surface area contributed by atoms with Crippen LogP contribution in [-0.2, 0) is 4.79 Å². The standard InChI is InChI=1S/C24H30N4O4/c1-17-12-13-20(16-25-17)32-23-22(30)28(15-14-27(23)19-10-6-3-7-11-19)24(31)26-21(29)18-8-4-2-5-9-18/h3,6-7,10-13,16,18,22-23,30H,2,4-5,8-9,14-15H2,1H3,(H,26,29,31)/t22-,23-/m0/s1. The summed E-state index contributed by atoms with van der Waals surface area (Å²) in [6.07, 6.45) is 4.21. The van der Waals surface area contributed by atoms with Crippen molar-refractivity contribution in [1.29, 1.82) is 0 Å². The Bertz CT molecular complexity index is 915. The quantitative estimate of drug-likeness (QED) is 0.762. The van der Waals surface area contributed by atoms with Gasteiger partial charge in [0.25, 0.3) is 0 Å². The van der Waals surface area contributed by atoms with Crippen LogP contribution in [0.5, 0.6) is 5.75 Å². The van der Waals surface area contributed by atoms with E-state index in [2.05, 4.69) is 10.3 Å². The summed E-state index contributed by atoms with van der Waals surface area (Å²) < 4.78 is 6.10. The lowest BCUT2D eigenvalue weighted by molar-refractivity contribution is -0.125. The highest BCUT2D eigenvalue weighted by molar-refractivity contribution is 5.95. The van der Waals surface area contributed by atoms with Crippen molar-refractivity contribution in [1.82, 2.24) is 15.2 Å². The van der Waals surface area contributed by atoms with Crippen LogP contribution < -0.4 is 15.0 Å². The van der Waals surface area contributed by atoms with Crippen LogP contribution in [0.15, 0.2) is 48.7 Å². The first-order chi connectivity index (χ1) is 15.5. The summed E-state index contributed by atoms with van der Waals surface area (Å²) in [6.45, 7) is 2.58. The third kappa shape index (κ3) is 5.02. The molecule has 8 nitrogen and oxygen atoms in total. The van der Waals surface area contributed by atoms with Crippen LogP contribution in [0, 0.1) is 12.8 Å². The van der Waals surface area contributed by atoms with Crippen LogP contribution in [0.25, 0.3) is 0 Å². The molecule has 32 heavy (non-hydrogen) atoms. The molecule has 1 saturated carbocycles. The first-order valence-electron chi connectivity index (χ1n) is 11.2. The Balaban J connectivity index is 1.51. The van der Waals surface area contributed by atoms with Crippen LogP contribution in [0.1, 0.15) is 37.8 Å². The van der Waals surface area contributed by atoms with Crippen LogP contribution in [0.3, 0.4) is 0 Å². The predicted molar refractivity (Wildman–Crippen MR) is 120 cm³/mol. The van der Waals surface area contributed by atoms with Gasteiger partial charge in [0.2, 0.25) is 12.1 Å². The number of rotatable bonds is 4. The highest BCUT2D eigenvalue weighted by atomic mass is 16.5. The molecule has 8 heteroatoms. The third-order valence-corrected chi connectivity index (χ3v) is 6.16. The number of aliphatic hydroxyl groups is 1. The highest BCUT2D eigenvalue weighted by Gasteiger charge is 2.40. The van der Waals surface area contributed by atoms with Gasteiger partial charge in [-0.25, -0.2) is 4.79 Å². The molecule has 3 amide bonds. The van der Waals surface area contributed by atoms with Gasteiger partial charge in [-0.2, -0.15) is 0 Å². The third-order valence-electron chi connectivity index (χ3n) is 6.16. The fourth-order valence-electron chi connectivity index (χ4n) is 4.34. The Labute approximate surface area is 188 Å². The Morgan fingerprint density at radius 3 is 2.50 bits per heavy atom. The van der Waals surface area contributed by atoms with Crippen LogP contribution in [0.4, 0.5) is 10.5 Å². The van der Waals surface area contributed by atoms with Crippen LogP contribution in [-0.4, -0.2) is 52.5 Å². The number of carbonyl (C=O) groups excluding carboxylic acids is 2. The number of para-hydroxylation sites is 1. The highest BCUT2D eigenvalue weighted by Crippen LogP contribution is 2.27. The molecule has 2 atom stereocenters.